The highest BCUT2D eigenvalue weighted by Gasteiger charge is 2.35. The van der Waals surface area contributed by atoms with E-state index in [1.807, 2.05) is 0 Å². The van der Waals surface area contributed by atoms with Crippen LogP contribution >= 0.6 is 12.8 Å². The Morgan fingerprint density at radius 2 is 1.77 bits per heavy atom. The van der Waals surface area contributed by atoms with E-state index in [9.17, 15) is 13.2 Å². The Labute approximate surface area is 206 Å². The number of alkyl halides is 3. The summed E-state index contributed by atoms with van der Waals surface area (Å²) in [5.74, 6) is 0.124. The molecule has 0 saturated heterocycles. The van der Waals surface area contributed by atoms with Crippen LogP contribution in [-0.2, 0) is 19.3 Å². The first-order valence-electron chi connectivity index (χ1n) is 10.6. The van der Waals surface area contributed by atoms with Crippen molar-refractivity contribution in [2.45, 2.75) is 25.3 Å². The molecule has 1 aromatic carbocycles. The van der Waals surface area contributed by atoms with Crippen molar-refractivity contribution < 1.29 is 23.4 Å². The first-order valence-corrected chi connectivity index (χ1v) is 11.0. The number of hydrogen-bond acceptors (Lipinski definition) is 10. The number of hydrogen-bond donors (Lipinski definition) is 6. The van der Waals surface area contributed by atoms with Gasteiger partial charge in [-0.2, -0.15) is 18.2 Å². The van der Waals surface area contributed by atoms with Gasteiger partial charge in [-0.25, -0.2) is 9.97 Å². The molecule has 0 atom stereocenters. The predicted molar refractivity (Wildman–Crippen MR) is 131 cm³/mol. The van der Waals surface area contributed by atoms with Crippen LogP contribution in [-0.4, -0.2) is 51.5 Å². The first-order chi connectivity index (χ1) is 16.7. The Balaban J connectivity index is 1.75. The smallest absolute Gasteiger partial charge is 0.395 e. The van der Waals surface area contributed by atoms with Crippen molar-refractivity contribution in [2.24, 2.45) is 0 Å². The Morgan fingerprint density at radius 3 is 2.40 bits per heavy atom. The number of aliphatic hydroxyl groups excluding tert-OH is 2. The zero-order valence-corrected chi connectivity index (χ0v) is 19.7. The van der Waals surface area contributed by atoms with Crippen LogP contribution in [0.1, 0.15) is 16.7 Å². The number of anilines is 4. The molecule has 35 heavy (non-hydrogen) atoms. The molecule has 0 fully saturated rings. The molecule has 0 aliphatic heterocycles. The van der Waals surface area contributed by atoms with E-state index in [0.717, 1.165) is 11.8 Å². The summed E-state index contributed by atoms with van der Waals surface area (Å²) in [4.78, 5) is 12.1. The third kappa shape index (κ3) is 7.42. The van der Waals surface area contributed by atoms with Gasteiger partial charge in [0.25, 0.3) is 0 Å². The maximum Gasteiger partial charge on any atom is 0.421 e. The number of pyridine rings is 1. The Morgan fingerprint density at radius 1 is 1.06 bits per heavy atom. The van der Waals surface area contributed by atoms with E-state index in [1.54, 1.807) is 49.6 Å². The van der Waals surface area contributed by atoms with Crippen molar-refractivity contribution in [3.63, 3.8) is 0 Å². The molecule has 0 aliphatic carbocycles. The third-order valence-corrected chi connectivity index (χ3v) is 5.15. The molecule has 5 N–H and O–H groups in total. The molecule has 0 saturated carbocycles. The van der Waals surface area contributed by atoms with Crippen molar-refractivity contribution in [1.82, 2.24) is 20.3 Å². The Kier molecular flexibility index (Phi) is 9.09. The van der Waals surface area contributed by atoms with E-state index in [4.69, 9.17) is 10.2 Å². The van der Waals surface area contributed by atoms with Gasteiger partial charge < -0.3 is 30.5 Å². The maximum absolute atomic E-state index is 13.6. The van der Waals surface area contributed by atoms with E-state index in [2.05, 4.69) is 43.7 Å². The number of benzene rings is 1. The molecule has 0 unspecified atom stereocenters. The molecule has 2 aromatic heterocycles. The van der Waals surface area contributed by atoms with Gasteiger partial charge in [-0.3, -0.25) is 0 Å². The van der Waals surface area contributed by atoms with Crippen LogP contribution in [0, 0.1) is 0 Å². The predicted octanol–water partition coefficient (Wildman–Crippen LogP) is 2.97. The average molecular weight is 510 g/mol. The molecule has 0 radical (unpaired) electrons. The standard InChI is InChI=1S/C22H26F3N7O2S/c1-32(35)20-15(3-2-8-26-20)10-28-19-18(22(23,24)25)11-29-21(31-19)30-16-6-4-14(5-7-16)9-27-17(12-33)13-34/h2-8,11,17,27,33-35H,9-10,12-13H2,1H3,(H2,28,29,30,31). The quantitative estimate of drug-likeness (QED) is 0.217. The number of rotatable bonds is 11. The van der Waals surface area contributed by atoms with E-state index in [1.165, 1.54) is 4.31 Å². The van der Waals surface area contributed by atoms with Gasteiger partial charge in [-0.15, -0.1) is 0 Å². The molecule has 0 bridgehead atoms. The summed E-state index contributed by atoms with van der Waals surface area (Å²) in [6.45, 7) is 0.0864. The van der Waals surface area contributed by atoms with Crippen LogP contribution < -0.4 is 20.3 Å². The average Bonchev–Trinajstić information content (AvgIpc) is 2.84. The van der Waals surface area contributed by atoms with Gasteiger partial charge in [-0.05, 0) is 23.8 Å². The summed E-state index contributed by atoms with van der Waals surface area (Å²) in [5.41, 5.74) is 1.11. The second-order valence-corrected chi connectivity index (χ2v) is 8.18. The van der Waals surface area contributed by atoms with Gasteiger partial charge in [0, 0.05) is 43.8 Å². The minimum absolute atomic E-state index is 0.00952. The molecule has 3 rings (SSSR count). The van der Waals surface area contributed by atoms with Crippen LogP contribution in [0.4, 0.5) is 36.4 Å². The summed E-state index contributed by atoms with van der Waals surface area (Å²) in [7, 11) is 1.67. The number of halogens is 3. The van der Waals surface area contributed by atoms with Gasteiger partial charge in [0.15, 0.2) is 0 Å². The summed E-state index contributed by atoms with van der Waals surface area (Å²) in [6.07, 6.45) is -2.35. The molecule has 0 amide bonds. The van der Waals surface area contributed by atoms with E-state index in [0.29, 0.717) is 23.6 Å². The number of aromatic nitrogens is 3. The molecule has 3 aromatic rings. The van der Waals surface area contributed by atoms with Gasteiger partial charge in [0.1, 0.15) is 17.2 Å². The van der Waals surface area contributed by atoms with Crippen molar-refractivity contribution in [2.75, 3.05) is 35.2 Å². The Hall–Kier alpha value is -3.13. The lowest BCUT2D eigenvalue weighted by Crippen LogP contribution is -2.35. The number of aliphatic hydroxyl groups is 2. The largest absolute Gasteiger partial charge is 0.421 e. The first kappa shape index (κ1) is 26.5. The van der Waals surface area contributed by atoms with Crippen LogP contribution in [0.15, 0.2) is 48.8 Å². The lowest BCUT2D eigenvalue weighted by atomic mass is 10.2. The summed E-state index contributed by atoms with van der Waals surface area (Å²) >= 11 is 4.22. The highest BCUT2D eigenvalue weighted by atomic mass is 32.1. The lowest BCUT2D eigenvalue weighted by Gasteiger charge is -2.17. The van der Waals surface area contributed by atoms with Crippen LogP contribution in [0.3, 0.4) is 0 Å². The maximum atomic E-state index is 13.6. The number of nitrogens with one attached hydrogen (secondary N) is 3. The van der Waals surface area contributed by atoms with Crippen molar-refractivity contribution >= 4 is 36.1 Å². The number of thiol groups is 1. The summed E-state index contributed by atoms with van der Waals surface area (Å²) in [5, 5.41) is 26.9. The fraction of sp³-hybridized carbons (Fsp3) is 0.318. The molecule has 9 nitrogen and oxygen atoms in total. The highest BCUT2D eigenvalue weighted by Crippen LogP contribution is 2.34. The third-order valence-electron chi connectivity index (χ3n) is 4.96. The SMILES string of the molecule is CN(S)c1ncccc1CNc1nc(Nc2ccc(CNC(CO)CO)cc2)ncc1C(F)(F)F. The van der Waals surface area contributed by atoms with E-state index < -0.39 is 17.8 Å². The van der Waals surface area contributed by atoms with Gasteiger partial charge in [0.05, 0.1) is 19.3 Å². The zero-order chi connectivity index (χ0) is 25.4. The Bertz CT molecular complexity index is 1100. The van der Waals surface area contributed by atoms with Crippen molar-refractivity contribution in [3.8, 4) is 0 Å². The molecular weight excluding hydrogens is 483 g/mol. The van der Waals surface area contributed by atoms with Gasteiger partial charge >= 0.3 is 6.18 Å². The molecule has 0 spiro atoms. The zero-order valence-electron chi connectivity index (χ0n) is 18.8. The highest BCUT2D eigenvalue weighted by molar-refractivity contribution is 7.81. The summed E-state index contributed by atoms with van der Waals surface area (Å²) < 4.78 is 42.1. The molecule has 13 heteroatoms. The summed E-state index contributed by atoms with van der Waals surface area (Å²) in [6, 6.07) is 10.0. The normalized spacial score (nSPS) is 11.5. The topological polar surface area (TPSA) is 118 Å². The molecule has 0 aliphatic rings. The lowest BCUT2D eigenvalue weighted by molar-refractivity contribution is -0.137. The van der Waals surface area contributed by atoms with E-state index in [-0.39, 0.29) is 31.5 Å². The van der Waals surface area contributed by atoms with Crippen LogP contribution in [0.2, 0.25) is 0 Å². The minimum Gasteiger partial charge on any atom is -0.395 e. The molecule has 188 valence electrons. The van der Waals surface area contributed by atoms with Gasteiger partial charge in [-0.1, -0.05) is 31.0 Å². The van der Waals surface area contributed by atoms with Crippen LogP contribution in [0.5, 0.6) is 0 Å². The van der Waals surface area contributed by atoms with Crippen molar-refractivity contribution in [3.05, 3.63) is 65.5 Å². The monoisotopic (exact) mass is 509 g/mol. The van der Waals surface area contributed by atoms with Gasteiger partial charge in [0.2, 0.25) is 5.95 Å². The molecular formula is C22H26F3N7O2S. The number of nitrogens with zero attached hydrogens (tertiary/aromatic N) is 4. The van der Waals surface area contributed by atoms with E-state index >= 15 is 0 Å². The minimum atomic E-state index is -4.64. The van der Waals surface area contributed by atoms with Crippen molar-refractivity contribution in [1.29, 1.82) is 0 Å². The second-order valence-electron chi connectivity index (χ2n) is 7.58. The molecule has 2 heterocycles. The van der Waals surface area contributed by atoms with Crippen LogP contribution in [0.25, 0.3) is 0 Å². The fourth-order valence-electron chi connectivity index (χ4n) is 3.11. The fourth-order valence-corrected chi connectivity index (χ4v) is 3.29. The second kappa shape index (κ2) is 12.0.